The second kappa shape index (κ2) is 10.1. The summed E-state index contributed by atoms with van der Waals surface area (Å²) in [5.74, 6) is 1.26. The maximum atomic E-state index is 12.6. The first-order valence-electron chi connectivity index (χ1n) is 9.30. The maximum Gasteiger partial charge on any atom is 0.257 e. The van der Waals surface area contributed by atoms with Crippen molar-refractivity contribution in [2.45, 2.75) is 18.9 Å². The summed E-state index contributed by atoms with van der Waals surface area (Å²) in [7, 11) is 3.15. The number of amides is 1. The molecule has 1 fully saturated rings. The van der Waals surface area contributed by atoms with E-state index in [2.05, 4.69) is 15.6 Å². The molecule has 7 nitrogen and oxygen atoms in total. The minimum Gasteiger partial charge on any atom is -0.497 e. The van der Waals surface area contributed by atoms with Crippen LogP contribution in [0.1, 0.15) is 23.2 Å². The van der Waals surface area contributed by atoms with Crippen molar-refractivity contribution < 1.29 is 19.0 Å². The highest BCUT2D eigenvalue weighted by Gasteiger charge is 2.16. The normalized spacial score (nSPS) is 16.4. The highest BCUT2D eigenvalue weighted by molar-refractivity contribution is 6.30. The number of hydrogen-bond donors (Lipinski definition) is 2. The highest BCUT2D eigenvalue weighted by Crippen LogP contribution is 2.25. The summed E-state index contributed by atoms with van der Waals surface area (Å²) in [4.78, 5) is 17.2. The fourth-order valence-corrected chi connectivity index (χ4v) is 3.02. The van der Waals surface area contributed by atoms with Gasteiger partial charge in [-0.3, -0.25) is 10.1 Å². The molecule has 2 aromatic rings. The third kappa shape index (κ3) is 6.10. The molecule has 154 valence electrons. The predicted molar refractivity (Wildman–Crippen MR) is 113 cm³/mol. The Morgan fingerprint density at radius 2 is 1.86 bits per heavy atom. The summed E-state index contributed by atoms with van der Waals surface area (Å²) in [6, 6.07) is 12.0. The molecule has 2 aromatic carbocycles. The number of nitrogens with zero attached hydrogens (tertiary/aromatic N) is 1. The van der Waals surface area contributed by atoms with Gasteiger partial charge in [-0.05, 0) is 37.1 Å². The summed E-state index contributed by atoms with van der Waals surface area (Å²) in [6.45, 7) is 1.19. The molecule has 1 aliphatic heterocycles. The van der Waals surface area contributed by atoms with Crippen molar-refractivity contribution in [2.24, 2.45) is 4.99 Å². The van der Waals surface area contributed by atoms with Crippen LogP contribution in [0.2, 0.25) is 5.02 Å². The molecule has 1 heterocycles. The Hall–Kier alpha value is -2.77. The lowest BCUT2D eigenvalue weighted by atomic mass is 10.2. The number of nitrogens with one attached hydrogen (secondary N) is 2. The van der Waals surface area contributed by atoms with Crippen LogP contribution in [0.3, 0.4) is 0 Å². The first kappa shape index (κ1) is 21.0. The molecule has 0 aromatic heterocycles. The van der Waals surface area contributed by atoms with Gasteiger partial charge in [0.25, 0.3) is 5.91 Å². The molecule has 3 rings (SSSR count). The van der Waals surface area contributed by atoms with Gasteiger partial charge >= 0.3 is 0 Å². The van der Waals surface area contributed by atoms with E-state index in [1.807, 2.05) is 0 Å². The molecule has 0 bridgehead atoms. The van der Waals surface area contributed by atoms with Gasteiger partial charge in [-0.2, -0.15) is 0 Å². The molecular formula is C21H24ClN3O4. The van der Waals surface area contributed by atoms with E-state index in [-0.39, 0.29) is 12.0 Å². The van der Waals surface area contributed by atoms with Crippen LogP contribution < -0.4 is 20.1 Å². The number of rotatable bonds is 6. The van der Waals surface area contributed by atoms with Crippen LogP contribution in [-0.4, -0.2) is 45.3 Å². The van der Waals surface area contributed by atoms with E-state index >= 15 is 0 Å². The van der Waals surface area contributed by atoms with E-state index in [1.54, 1.807) is 56.7 Å². The Bertz CT molecular complexity index is 842. The van der Waals surface area contributed by atoms with Crippen LogP contribution in [0.5, 0.6) is 11.5 Å². The number of ether oxygens (including phenoxy) is 3. The largest absolute Gasteiger partial charge is 0.497 e. The van der Waals surface area contributed by atoms with Crippen molar-refractivity contribution in [1.29, 1.82) is 0 Å². The minimum atomic E-state index is -0.296. The number of aliphatic imine (C=N–C) groups is 1. The quantitative estimate of drug-likeness (QED) is 0.552. The zero-order valence-corrected chi connectivity index (χ0v) is 17.2. The minimum absolute atomic E-state index is 0.0547. The van der Waals surface area contributed by atoms with Crippen molar-refractivity contribution >= 4 is 29.2 Å². The average molecular weight is 418 g/mol. The zero-order chi connectivity index (χ0) is 20.6. The number of halogens is 1. The molecule has 29 heavy (non-hydrogen) atoms. The Labute approximate surface area is 175 Å². The van der Waals surface area contributed by atoms with E-state index < -0.39 is 0 Å². The van der Waals surface area contributed by atoms with Gasteiger partial charge in [-0.25, -0.2) is 4.99 Å². The predicted octanol–water partition coefficient (Wildman–Crippen LogP) is 3.73. The Balaban J connectivity index is 1.79. The molecule has 0 radical (unpaired) electrons. The molecular weight excluding hydrogens is 394 g/mol. The van der Waals surface area contributed by atoms with Crippen molar-refractivity contribution in [2.75, 3.05) is 32.7 Å². The summed E-state index contributed by atoms with van der Waals surface area (Å²) >= 11 is 5.90. The van der Waals surface area contributed by atoms with Gasteiger partial charge in [0.1, 0.15) is 11.5 Å². The van der Waals surface area contributed by atoms with Gasteiger partial charge in [0.05, 0.1) is 26.9 Å². The van der Waals surface area contributed by atoms with Crippen LogP contribution in [0, 0.1) is 0 Å². The Kier molecular flexibility index (Phi) is 7.32. The number of hydrogen-bond acceptors (Lipinski definition) is 5. The summed E-state index contributed by atoms with van der Waals surface area (Å²) in [6.07, 6.45) is 2.03. The third-order valence-corrected chi connectivity index (χ3v) is 4.68. The van der Waals surface area contributed by atoms with Crippen LogP contribution >= 0.6 is 11.6 Å². The molecule has 1 aliphatic rings. The summed E-state index contributed by atoms with van der Waals surface area (Å²) < 4.78 is 16.2. The van der Waals surface area contributed by atoms with Gasteiger partial charge in [0, 0.05) is 41.1 Å². The van der Waals surface area contributed by atoms with Crippen LogP contribution in [0.4, 0.5) is 5.69 Å². The molecule has 8 heteroatoms. The highest BCUT2D eigenvalue weighted by atomic mass is 35.5. The molecule has 0 spiro atoms. The number of benzene rings is 2. The first-order valence-corrected chi connectivity index (χ1v) is 9.68. The Morgan fingerprint density at radius 3 is 2.45 bits per heavy atom. The molecule has 0 saturated carbocycles. The van der Waals surface area contributed by atoms with E-state index in [4.69, 9.17) is 25.8 Å². The molecule has 0 aliphatic carbocycles. The fraction of sp³-hybridized carbons (Fsp3) is 0.333. The van der Waals surface area contributed by atoms with E-state index in [1.165, 1.54) is 0 Å². The molecule has 1 unspecified atom stereocenters. The molecule has 1 amide bonds. The van der Waals surface area contributed by atoms with E-state index in [0.29, 0.717) is 40.3 Å². The van der Waals surface area contributed by atoms with E-state index in [9.17, 15) is 4.79 Å². The van der Waals surface area contributed by atoms with Gasteiger partial charge in [-0.1, -0.05) is 11.6 Å². The van der Waals surface area contributed by atoms with Crippen molar-refractivity contribution in [1.82, 2.24) is 5.32 Å². The van der Waals surface area contributed by atoms with Gasteiger partial charge in [-0.15, -0.1) is 0 Å². The number of methoxy groups -OCH3 is 2. The second-order valence-electron chi connectivity index (χ2n) is 6.51. The van der Waals surface area contributed by atoms with Crippen molar-refractivity contribution in [3.63, 3.8) is 0 Å². The van der Waals surface area contributed by atoms with Crippen LogP contribution in [0.25, 0.3) is 0 Å². The van der Waals surface area contributed by atoms with Crippen LogP contribution in [0.15, 0.2) is 47.5 Å². The molecule has 1 atom stereocenters. The first-order chi connectivity index (χ1) is 14.1. The van der Waals surface area contributed by atoms with Gasteiger partial charge < -0.3 is 19.5 Å². The summed E-state index contributed by atoms with van der Waals surface area (Å²) in [5.41, 5.74) is 1.15. The van der Waals surface area contributed by atoms with E-state index in [0.717, 1.165) is 19.4 Å². The average Bonchev–Trinajstić information content (AvgIpc) is 3.25. The lowest BCUT2D eigenvalue weighted by molar-refractivity contribution is 0.0975. The number of carbonyl (C=O) groups is 1. The standard InChI is InChI=1S/C21H24ClN3O4/c1-27-18-10-16(11-19(12-18)28-2)24-21(23-13-17-4-3-9-29-17)25-20(26)14-5-7-15(22)8-6-14/h5-8,10-12,17H,3-4,9,13H2,1-2H3,(H2,23,24,25,26). The smallest absolute Gasteiger partial charge is 0.257 e. The van der Waals surface area contributed by atoms with Crippen molar-refractivity contribution in [3.8, 4) is 11.5 Å². The lowest BCUT2D eigenvalue weighted by Gasteiger charge is -2.15. The zero-order valence-electron chi connectivity index (χ0n) is 16.4. The van der Waals surface area contributed by atoms with Gasteiger partial charge in [0.15, 0.2) is 0 Å². The second-order valence-corrected chi connectivity index (χ2v) is 6.95. The van der Waals surface area contributed by atoms with Crippen molar-refractivity contribution in [3.05, 3.63) is 53.1 Å². The Morgan fingerprint density at radius 1 is 1.17 bits per heavy atom. The number of carbonyl (C=O) groups excluding carboxylic acids is 1. The third-order valence-electron chi connectivity index (χ3n) is 4.43. The monoisotopic (exact) mass is 417 g/mol. The molecule has 1 saturated heterocycles. The van der Waals surface area contributed by atoms with Gasteiger partial charge in [0.2, 0.25) is 5.96 Å². The topological polar surface area (TPSA) is 81.2 Å². The number of anilines is 1. The number of guanidine groups is 1. The lowest BCUT2D eigenvalue weighted by Crippen LogP contribution is -2.36. The fourth-order valence-electron chi connectivity index (χ4n) is 2.89. The summed E-state index contributed by atoms with van der Waals surface area (Å²) in [5, 5.41) is 6.53. The molecule has 2 N–H and O–H groups in total. The van der Waals surface area contributed by atoms with Crippen LogP contribution in [-0.2, 0) is 4.74 Å². The maximum absolute atomic E-state index is 12.6. The SMILES string of the molecule is COc1cc(NC(=NCC2CCCO2)NC(=O)c2ccc(Cl)cc2)cc(OC)c1.